The number of amides is 1. The minimum atomic E-state index is -0.391. The molecule has 0 N–H and O–H groups in total. The molecule has 0 spiro atoms. The predicted molar refractivity (Wildman–Crippen MR) is 81.6 cm³/mol. The molecule has 110 valence electrons. The number of esters is 1. The number of rotatable bonds is 2. The molecule has 1 aromatic heterocycles. The summed E-state index contributed by atoms with van der Waals surface area (Å²) in [5, 5.41) is 0.662. The van der Waals surface area contributed by atoms with Crippen LogP contribution < -0.4 is 4.90 Å². The lowest BCUT2D eigenvalue weighted by molar-refractivity contribution is -0.145. The summed E-state index contributed by atoms with van der Waals surface area (Å²) in [6.07, 6.45) is 0.195. The molecule has 6 heteroatoms. The zero-order chi connectivity index (χ0) is 15.1. The number of benzene rings is 1. The average Bonchev–Trinajstić information content (AvgIpc) is 3.01. The molecule has 1 fully saturated rings. The van der Waals surface area contributed by atoms with Crippen LogP contribution in [0.15, 0.2) is 12.1 Å². The lowest BCUT2D eigenvalue weighted by atomic mass is 10.1. The minimum Gasteiger partial charge on any atom is -0.469 e. The van der Waals surface area contributed by atoms with E-state index in [0.717, 1.165) is 15.8 Å². The Hall–Kier alpha value is -1.95. The fraction of sp³-hybridized carbons (Fsp3) is 0.400. The number of fused-ring (bicyclic) bond motifs is 1. The van der Waals surface area contributed by atoms with Gasteiger partial charge in [-0.15, -0.1) is 0 Å². The van der Waals surface area contributed by atoms with Crippen LogP contribution >= 0.6 is 11.3 Å². The quantitative estimate of drug-likeness (QED) is 0.800. The number of aromatic nitrogens is 1. The molecule has 1 amide bonds. The van der Waals surface area contributed by atoms with Gasteiger partial charge in [-0.3, -0.25) is 14.5 Å². The Morgan fingerprint density at radius 3 is 2.90 bits per heavy atom. The van der Waals surface area contributed by atoms with Gasteiger partial charge in [0.05, 0.1) is 23.2 Å². The van der Waals surface area contributed by atoms with Crippen LogP contribution in [0.25, 0.3) is 10.2 Å². The number of aryl methyl sites for hydroxylation is 2. The van der Waals surface area contributed by atoms with E-state index < -0.39 is 5.92 Å². The summed E-state index contributed by atoms with van der Waals surface area (Å²) in [6, 6.07) is 4.15. The van der Waals surface area contributed by atoms with Gasteiger partial charge in [-0.1, -0.05) is 17.4 Å². The van der Waals surface area contributed by atoms with Gasteiger partial charge in [0.1, 0.15) is 0 Å². The van der Waals surface area contributed by atoms with Crippen molar-refractivity contribution in [2.24, 2.45) is 5.92 Å². The van der Waals surface area contributed by atoms with Crippen LogP contribution in [-0.2, 0) is 14.3 Å². The summed E-state index contributed by atoms with van der Waals surface area (Å²) in [5.41, 5.74) is 3.20. The van der Waals surface area contributed by atoms with Crippen LogP contribution in [0.1, 0.15) is 17.5 Å². The average molecular weight is 304 g/mol. The first kappa shape index (κ1) is 14.0. The molecule has 1 aromatic carbocycles. The molecule has 0 saturated carbocycles. The first-order valence-electron chi connectivity index (χ1n) is 6.75. The van der Waals surface area contributed by atoms with Gasteiger partial charge < -0.3 is 4.74 Å². The zero-order valence-electron chi connectivity index (χ0n) is 12.2. The number of hydrogen-bond donors (Lipinski definition) is 0. The number of carbonyl (C=O) groups excluding carboxylic acids is 2. The van der Waals surface area contributed by atoms with E-state index in [1.54, 1.807) is 4.90 Å². The predicted octanol–water partition coefficient (Wildman–Crippen LogP) is 2.44. The highest BCUT2D eigenvalue weighted by Crippen LogP contribution is 2.34. The Morgan fingerprint density at radius 1 is 1.43 bits per heavy atom. The molecule has 0 bridgehead atoms. The Morgan fingerprint density at radius 2 is 2.19 bits per heavy atom. The highest BCUT2D eigenvalue weighted by atomic mass is 32.1. The van der Waals surface area contributed by atoms with E-state index in [-0.39, 0.29) is 18.3 Å². The standard InChI is InChI=1S/C15H16N2O3S/c1-8-4-9(2)13-11(5-8)21-15(16-13)17-7-10(6-12(17)18)14(19)20-3/h4-5,10H,6-7H2,1-3H3. The summed E-state index contributed by atoms with van der Waals surface area (Å²) < 4.78 is 5.79. The molecule has 5 nitrogen and oxygen atoms in total. The van der Waals surface area contributed by atoms with Crippen LogP contribution in [0.2, 0.25) is 0 Å². The molecule has 1 aliphatic heterocycles. The Labute approximate surface area is 126 Å². The van der Waals surface area contributed by atoms with Crippen molar-refractivity contribution in [3.63, 3.8) is 0 Å². The van der Waals surface area contributed by atoms with Crippen LogP contribution in [0.3, 0.4) is 0 Å². The summed E-state index contributed by atoms with van der Waals surface area (Å²) in [6.45, 7) is 4.41. The van der Waals surface area contributed by atoms with E-state index >= 15 is 0 Å². The van der Waals surface area contributed by atoms with Crippen molar-refractivity contribution < 1.29 is 14.3 Å². The highest BCUT2D eigenvalue weighted by molar-refractivity contribution is 7.22. The monoisotopic (exact) mass is 304 g/mol. The Bertz CT molecular complexity index is 738. The molecule has 2 aromatic rings. The molecule has 3 rings (SSSR count). The van der Waals surface area contributed by atoms with Crippen molar-refractivity contribution in [3.05, 3.63) is 23.3 Å². The number of hydrogen-bond acceptors (Lipinski definition) is 5. The fourth-order valence-corrected chi connectivity index (χ4v) is 3.86. The second-order valence-electron chi connectivity index (χ2n) is 5.35. The van der Waals surface area contributed by atoms with Gasteiger partial charge in [0, 0.05) is 13.0 Å². The van der Waals surface area contributed by atoms with Crippen LogP contribution in [-0.4, -0.2) is 30.5 Å². The number of nitrogens with zero attached hydrogens (tertiary/aromatic N) is 2. The number of ether oxygens (including phenoxy) is 1. The fourth-order valence-electron chi connectivity index (χ4n) is 2.69. The third kappa shape index (κ3) is 2.40. The summed E-state index contributed by atoms with van der Waals surface area (Å²) in [5.74, 6) is -0.796. The Kier molecular flexibility index (Phi) is 3.41. The van der Waals surface area contributed by atoms with Crippen LogP contribution in [0.5, 0.6) is 0 Å². The summed E-state index contributed by atoms with van der Waals surface area (Å²) >= 11 is 1.49. The third-order valence-corrected chi connectivity index (χ3v) is 4.73. The Balaban J connectivity index is 1.96. The number of anilines is 1. The van der Waals surface area contributed by atoms with E-state index in [2.05, 4.69) is 17.1 Å². The molecule has 1 saturated heterocycles. The second kappa shape index (κ2) is 5.11. The van der Waals surface area contributed by atoms with Crippen molar-refractivity contribution in [3.8, 4) is 0 Å². The van der Waals surface area contributed by atoms with Gasteiger partial charge in [-0.25, -0.2) is 4.98 Å². The second-order valence-corrected chi connectivity index (χ2v) is 6.36. The van der Waals surface area contributed by atoms with E-state index in [0.29, 0.717) is 11.7 Å². The maximum Gasteiger partial charge on any atom is 0.311 e. The highest BCUT2D eigenvalue weighted by Gasteiger charge is 2.37. The van der Waals surface area contributed by atoms with Crippen molar-refractivity contribution >= 4 is 38.6 Å². The van der Waals surface area contributed by atoms with Crippen molar-refractivity contribution in [2.45, 2.75) is 20.3 Å². The number of methoxy groups -OCH3 is 1. The molecule has 21 heavy (non-hydrogen) atoms. The normalized spacial score (nSPS) is 18.5. The lowest BCUT2D eigenvalue weighted by Gasteiger charge is -2.11. The van der Waals surface area contributed by atoms with E-state index in [1.165, 1.54) is 24.0 Å². The van der Waals surface area contributed by atoms with Gasteiger partial charge >= 0.3 is 5.97 Å². The van der Waals surface area contributed by atoms with Crippen LogP contribution in [0, 0.1) is 19.8 Å². The topological polar surface area (TPSA) is 59.5 Å². The number of carbonyl (C=O) groups is 2. The van der Waals surface area contributed by atoms with Crippen molar-refractivity contribution in [1.82, 2.24) is 4.98 Å². The molecule has 1 atom stereocenters. The summed E-state index contributed by atoms with van der Waals surface area (Å²) in [7, 11) is 1.35. The maximum atomic E-state index is 12.1. The largest absolute Gasteiger partial charge is 0.469 e. The van der Waals surface area contributed by atoms with Gasteiger partial charge in [-0.05, 0) is 31.0 Å². The van der Waals surface area contributed by atoms with Crippen molar-refractivity contribution in [2.75, 3.05) is 18.6 Å². The van der Waals surface area contributed by atoms with Gasteiger partial charge in [0.15, 0.2) is 5.13 Å². The molecule has 1 aliphatic rings. The molecule has 2 heterocycles. The lowest BCUT2D eigenvalue weighted by Crippen LogP contribution is -2.25. The van der Waals surface area contributed by atoms with Crippen molar-refractivity contribution in [1.29, 1.82) is 0 Å². The molecule has 0 radical (unpaired) electrons. The van der Waals surface area contributed by atoms with Crippen LogP contribution in [0.4, 0.5) is 5.13 Å². The van der Waals surface area contributed by atoms with Gasteiger partial charge in [0.25, 0.3) is 0 Å². The molecule has 1 unspecified atom stereocenters. The first-order valence-corrected chi connectivity index (χ1v) is 7.57. The smallest absolute Gasteiger partial charge is 0.311 e. The zero-order valence-corrected chi connectivity index (χ0v) is 13.0. The SMILES string of the molecule is COC(=O)C1CC(=O)N(c2nc3c(C)cc(C)cc3s2)C1. The van der Waals surface area contributed by atoms with E-state index in [4.69, 9.17) is 4.74 Å². The van der Waals surface area contributed by atoms with E-state index in [1.807, 2.05) is 13.8 Å². The number of thiazole rings is 1. The summed E-state index contributed by atoms with van der Waals surface area (Å²) in [4.78, 5) is 29.9. The molecular formula is C15H16N2O3S. The molecular weight excluding hydrogens is 288 g/mol. The minimum absolute atomic E-state index is 0.0705. The van der Waals surface area contributed by atoms with Gasteiger partial charge in [-0.2, -0.15) is 0 Å². The first-order chi connectivity index (χ1) is 9.99. The van der Waals surface area contributed by atoms with Gasteiger partial charge in [0.2, 0.25) is 5.91 Å². The van der Waals surface area contributed by atoms with E-state index in [9.17, 15) is 9.59 Å². The third-order valence-electron chi connectivity index (χ3n) is 3.71. The maximum absolute atomic E-state index is 12.1. The molecule has 0 aliphatic carbocycles.